The predicted molar refractivity (Wildman–Crippen MR) is 115 cm³/mol. The fourth-order valence-corrected chi connectivity index (χ4v) is 3.74. The number of aliphatic imine (C=N–C) groups is 1. The van der Waals surface area contributed by atoms with Crippen LogP contribution in [0.2, 0.25) is 0 Å². The van der Waals surface area contributed by atoms with Gasteiger partial charge in [-0.2, -0.15) is 4.99 Å². The summed E-state index contributed by atoms with van der Waals surface area (Å²) >= 11 is 1.33. The van der Waals surface area contributed by atoms with E-state index < -0.39 is 0 Å². The molecule has 0 N–H and O–H groups in total. The van der Waals surface area contributed by atoms with Gasteiger partial charge in [-0.3, -0.25) is 14.2 Å². The zero-order valence-corrected chi connectivity index (χ0v) is 17.1. The summed E-state index contributed by atoms with van der Waals surface area (Å²) in [5, 5.41) is 0.135. The molecule has 1 aromatic heterocycles. The summed E-state index contributed by atoms with van der Waals surface area (Å²) in [6.07, 6.45) is 3.56. The first-order valence-corrected chi connectivity index (χ1v) is 9.74. The Labute approximate surface area is 172 Å². The second kappa shape index (κ2) is 8.91. The number of carbonyl (C=O) groups excluding carboxylic acids is 1. The van der Waals surface area contributed by atoms with Crippen LogP contribution in [-0.4, -0.2) is 33.0 Å². The van der Waals surface area contributed by atoms with Crippen molar-refractivity contribution in [3.63, 3.8) is 0 Å². The van der Waals surface area contributed by atoms with Gasteiger partial charge in [0.1, 0.15) is 18.2 Å². The van der Waals surface area contributed by atoms with Crippen LogP contribution in [0.25, 0.3) is 12.2 Å². The molecule has 0 aliphatic carbocycles. The van der Waals surface area contributed by atoms with Crippen LogP contribution in [0.15, 0.2) is 47.2 Å². The second-order valence-corrected chi connectivity index (χ2v) is 7.42. The van der Waals surface area contributed by atoms with Crippen LogP contribution in [0.5, 0.6) is 5.75 Å². The quantitative estimate of drug-likeness (QED) is 0.697. The molecule has 1 atom stereocenters. The SMILES string of the molecule is C=Cc1nc(COc2ccc(CC3SC(OC)=NC3=O)cc2)n(C)c(=O)c1C=C. The Hall–Kier alpha value is -3.13. The van der Waals surface area contributed by atoms with Crippen LogP contribution in [0.3, 0.4) is 0 Å². The molecule has 0 fully saturated rings. The van der Waals surface area contributed by atoms with Crippen LogP contribution in [0.1, 0.15) is 22.6 Å². The van der Waals surface area contributed by atoms with Gasteiger partial charge in [0.25, 0.3) is 16.7 Å². The van der Waals surface area contributed by atoms with Crippen LogP contribution >= 0.6 is 11.8 Å². The summed E-state index contributed by atoms with van der Waals surface area (Å²) in [4.78, 5) is 32.5. The highest BCUT2D eigenvalue weighted by atomic mass is 32.2. The molecule has 1 aromatic carbocycles. The van der Waals surface area contributed by atoms with Gasteiger partial charge in [-0.15, -0.1) is 0 Å². The molecule has 0 spiro atoms. The fraction of sp³-hybridized carbons (Fsp3) is 0.238. The van der Waals surface area contributed by atoms with Gasteiger partial charge in [-0.25, -0.2) is 4.98 Å². The average Bonchev–Trinajstić information content (AvgIpc) is 3.09. The molecule has 1 amide bonds. The van der Waals surface area contributed by atoms with Gasteiger partial charge in [0.05, 0.1) is 23.6 Å². The van der Waals surface area contributed by atoms with Crippen LogP contribution < -0.4 is 10.3 Å². The second-order valence-electron chi connectivity index (χ2n) is 6.26. The first kappa shape index (κ1) is 20.6. The van der Waals surface area contributed by atoms with E-state index in [0.29, 0.717) is 34.5 Å². The van der Waals surface area contributed by atoms with Crippen molar-refractivity contribution >= 4 is 35.1 Å². The third kappa shape index (κ3) is 4.48. The van der Waals surface area contributed by atoms with E-state index in [-0.39, 0.29) is 23.3 Å². The van der Waals surface area contributed by atoms with Crippen molar-refractivity contribution in [3.8, 4) is 5.75 Å². The van der Waals surface area contributed by atoms with E-state index in [0.717, 1.165) is 5.56 Å². The maximum absolute atomic E-state index is 12.4. The van der Waals surface area contributed by atoms with E-state index in [9.17, 15) is 9.59 Å². The lowest BCUT2D eigenvalue weighted by Crippen LogP contribution is -2.26. The van der Waals surface area contributed by atoms with Crippen LogP contribution in [-0.2, 0) is 29.6 Å². The minimum absolute atomic E-state index is 0.130. The Kier molecular flexibility index (Phi) is 6.33. The summed E-state index contributed by atoms with van der Waals surface area (Å²) in [6.45, 7) is 7.48. The van der Waals surface area contributed by atoms with E-state index in [1.165, 1.54) is 35.6 Å². The molecule has 2 aromatic rings. The van der Waals surface area contributed by atoms with Gasteiger partial charge < -0.3 is 9.47 Å². The minimum Gasteiger partial charge on any atom is -0.486 e. The monoisotopic (exact) mass is 411 g/mol. The Balaban J connectivity index is 1.66. The van der Waals surface area contributed by atoms with Crippen molar-refractivity contribution in [2.45, 2.75) is 18.3 Å². The van der Waals surface area contributed by atoms with Gasteiger partial charge in [-0.05, 0) is 30.2 Å². The van der Waals surface area contributed by atoms with E-state index in [1.807, 2.05) is 24.3 Å². The van der Waals surface area contributed by atoms with E-state index in [4.69, 9.17) is 9.47 Å². The topological polar surface area (TPSA) is 82.8 Å². The molecule has 0 saturated carbocycles. The molecule has 29 heavy (non-hydrogen) atoms. The molecule has 1 aliphatic rings. The molecule has 1 aliphatic heterocycles. The first-order valence-electron chi connectivity index (χ1n) is 8.86. The Morgan fingerprint density at radius 2 is 1.93 bits per heavy atom. The Morgan fingerprint density at radius 1 is 1.21 bits per heavy atom. The van der Waals surface area contributed by atoms with Crippen molar-refractivity contribution in [3.05, 3.63) is 70.4 Å². The lowest BCUT2D eigenvalue weighted by Gasteiger charge is -2.12. The molecule has 1 unspecified atom stereocenters. The maximum Gasteiger partial charge on any atom is 0.263 e. The number of hydrogen-bond donors (Lipinski definition) is 0. The first-order chi connectivity index (χ1) is 14.0. The number of methoxy groups -OCH3 is 1. The van der Waals surface area contributed by atoms with Gasteiger partial charge in [0.15, 0.2) is 0 Å². The summed E-state index contributed by atoms with van der Waals surface area (Å²) in [5.74, 6) is 0.937. The zero-order valence-electron chi connectivity index (χ0n) is 16.3. The fourth-order valence-electron chi connectivity index (χ4n) is 2.83. The summed E-state index contributed by atoms with van der Waals surface area (Å²) in [7, 11) is 3.14. The number of benzene rings is 1. The van der Waals surface area contributed by atoms with Gasteiger partial charge in [0.2, 0.25) is 0 Å². The van der Waals surface area contributed by atoms with E-state index in [1.54, 1.807) is 7.05 Å². The van der Waals surface area contributed by atoms with Gasteiger partial charge in [0, 0.05) is 7.05 Å². The minimum atomic E-state index is -0.267. The number of aromatic nitrogens is 2. The summed E-state index contributed by atoms with van der Waals surface area (Å²) < 4.78 is 12.2. The highest BCUT2D eigenvalue weighted by molar-refractivity contribution is 8.15. The number of rotatable bonds is 7. The molecule has 3 rings (SSSR count). The molecule has 150 valence electrons. The molecule has 0 saturated heterocycles. The third-order valence-electron chi connectivity index (χ3n) is 4.45. The van der Waals surface area contributed by atoms with Crippen LogP contribution in [0, 0.1) is 0 Å². The Morgan fingerprint density at radius 3 is 2.52 bits per heavy atom. The molecule has 0 radical (unpaired) electrons. The van der Waals surface area contributed by atoms with Gasteiger partial charge in [-0.1, -0.05) is 43.1 Å². The number of thioether (sulfide) groups is 1. The number of nitrogens with zero attached hydrogens (tertiary/aromatic N) is 3. The van der Waals surface area contributed by atoms with Crippen molar-refractivity contribution in [2.75, 3.05) is 7.11 Å². The number of carbonyl (C=O) groups is 1. The largest absolute Gasteiger partial charge is 0.486 e. The number of hydrogen-bond acceptors (Lipinski definition) is 6. The average molecular weight is 411 g/mol. The summed E-state index contributed by atoms with van der Waals surface area (Å²) in [5.41, 5.74) is 1.68. The van der Waals surface area contributed by atoms with Gasteiger partial charge >= 0.3 is 0 Å². The number of ether oxygens (including phenoxy) is 2. The van der Waals surface area contributed by atoms with Crippen molar-refractivity contribution in [1.29, 1.82) is 0 Å². The van der Waals surface area contributed by atoms with E-state index in [2.05, 4.69) is 23.1 Å². The maximum atomic E-state index is 12.4. The molecule has 0 bridgehead atoms. The standard InChI is InChI=1S/C21H21N3O4S/c1-5-15-16(6-2)22-18(24(3)20(15)26)12-28-14-9-7-13(8-10-14)11-17-19(25)23-21(27-4)29-17/h5-10,17H,1-2,11-12H2,3-4H3. The third-order valence-corrected chi connectivity index (χ3v) is 5.56. The molecule has 2 heterocycles. The summed E-state index contributed by atoms with van der Waals surface area (Å²) in [6, 6.07) is 7.44. The smallest absolute Gasteiger partial charge is 0.263 e. The molecule has 8 heteroatoms. The predicted octanol–water partition coefficient (Wildman–Crippen LogP) is 2.83. The van der Waals surface area contributed by atoms with Crippen molar-refractivity contribution < 1.29 is 14.3 Å². The molecular weight excluding hydrogens is 390 g/mol. The number of amides is 1. The highest BCUT2D eigenvalue weighted by Crippen LogP contribution is 2.26. The normalized spacial score (nSPS) is 15.7. The molecule has 7 nitrogen and oxygen atoms in total. The lowest BCUT2D eigenvalue weighted by atomic mass is 10.1. The van der Waals surface area contributed by atoms with Crippen molar-refractivity contribution in [1.82, 2.24) is 9.55 Å². The Bertz CT molecular complexity index is 1040. The molecular formula is C21H21N3O4S. The van der Waals surface area contributed by atoms with Crippen LogP contribution in [0.4, 0.5) is 0 Å². The lowest BCUT2D eigenvalue weighted by molar-refractivity contribution is -0.117. The zero-order chi connectivity index (χ0) is 21.0. The van der Waals surface area contributed by atoms with E-state index >= 15 is 0 Å². The van der Waals surface area contributed by atoms with Crippen molar-refractivity contribution in [2.24, 2.45) is 12.0 Å². The highest BCUT2D eigenvalue weighted by Gasteiger charge is 2.29.